The molecule has 1 atom stereocenters. The van der Waals surface area contributed by atoms with Crippen molar-refractivity contribution in [1.82, 2.24) is 0 Å². The van der Waals surface area contributed by atoms with E-state index in [0.29, 0.717) is 0 Å². The third-order valence-electron chi connectivity index (χ3n) is 0.116. The number of carbonyl (C=O) groups excluding carboxylic acids is 1. The number of amides is 1. The average molecular weight is 93.0 g/mol. The van der Waals surface area contributed by atoms with E-state index in [0.717, 1.165) is 0 Å². The molecular weight excluding hydrogens is 89.0 g/mol. The third kappa shape index (κ3) is 3.70. The lowest BCUT2D eigenvalue weighted by atomic mass is 11.3. The first-order valence-electron chi connectivity index (χ1n) is 0.933. The Balaban J connectivity index is 2.85. The van der Waals surface area contributed by atoms with Gasteiger partial charge in [-0.3, -0.25) is 0 Å². The van der Waals surface area contributed by atoms with Crippen LogP contribution in [-0.4, -0.2) is 6.09 Å². The average Bonchev–Trinajstić information content (AvgIpc) is 1.38. The maximum atomic E-state index is 9.35. The molecular formula is CH4NO2P. The molecule has 5 heavy (non-hydrogen) atoms. The zero-order chi connectivity index (χ0) is 4.28. The molecule has 0 heterocycles. The van der Waals surface area contributed by atoms with Gasteiger partial charge in [-0.05, 0) is 0 Å². The van der Waals surface area contributed by atoms with Crippen molar-refractivity contribution in [1.29, 1.82) is 0 Å². The predicted molar refractivity (Wildman–Crippen MR) is 20.4 cm³/mol. The quantitative estimate of drug-likeness (QED) is 0.424. The van der Waals surface area contributed by atoms with Crippen molar-refractivity contribution in [3.05, 3.63) is 0 Å². The van der Waals surface area contributed by atoms with E-state index in [-0.39, 0.29) is 0 Å². The first kappa shape index (κ1) is 4.70. The van der Waals surface area contributed by atoms with Crippen LogP contribution in [0.25, 0.3) is 0 Å². The lowest BCUT2D eigenvalue weighted by molar-refractivity contribution is 0.218. The molecule has 0 aliphatic carbocycles. The molecule has 0 spiro atoms. The van der Waals surface area contributed by atoms with Gasteiger partial charge in [0.15, 0.2) is 0 Å². The number of nitrogens with two attached hydrogens (primary N) is 1. The van der Waals surface area contributed by atoms with E-state index in [9.17, 15) is 4.79 Å². The zero-order valence-electron chi connectivity index (χ0n) is 2.47. The molecule has 0 bridgehead atoms. The van der Waals surface area contributed by atoms with Crippen molar-refractivity contribution in [2.24, 2.45) is 5.73 Å². The Morgan fingerprint density at radius 2 is 2.20 bits per heavy atom. The van der Waals surface area contributed by atoms with Gasteiger partial charge in [-0.2, -0.15) is 0 Å². The Hall–Kier alpha value is -0.300. The molecule has 1 amide bonds. The van der Waals surface area contributed by atoms with Crippen molar-refractivity contribution < 1.29 is 9.32 Å². The van der Waals surface area contributed by atoms with E-state index in [4.69, 9.17) is 0 Å². The number of primary amides is 1. The molecule has 0 fully saturated rings. The molecule has 2 N–H and O–H groups in total. The number of rotatable bonds is 0. The third-order valence-corrected chi connectivity index (χ3v) is 0.348. The minimum Gasteiger partial charge on any atom is -0.436 e. The van der Waals surface area contributed by atoms with E-state index in [2.05, 4.69) is 10.3 Å². The van der Waals surface area contributed by atoms with E-state index in [1.165, 1.54) is 0 Å². The fourth-order valence-corrected chi connectivity index (χ4v) is 0. The summed E-state index contributed by atoms with van der Waals surface area (Å²) in [5.41, 5.74) is 4.41. The van der Waals surface area contributed by atoms with Crippen LogP contribution in [0.15, 0.2) is 0 Å². The second-order valence-corrected chi connectivity index (χ2v) is 0.673. The smallest absolute Gasteiger partial charge is 0.406 e. The Bertz CT molecular complexity index is 44.9. The molecule has 4 heteroatoms. The summed E-state index contributed by atoms with van der Waals surface area (Å²) in [5.74, 6) is 0. The molecule has 0 aliphatic heterocycles. The molecule has 1 unspecified atom stereocenters. The van der Waals surface area contributed by atoms with Gasteiger partial charge in [0.1, 0.15) is 0 Å². The van der Waals surface area contributed by atoms with Crippen molar-refractivity contribution in [3.63, 3.8) is 0 Å². The molecule has 0 rings (SSSR count). The van der Waals surface area contributed by atoms with Crippen molar-refractivity contribution in [3.8, 4) is 0 Å². The van der Waals surface area contributed by atoms with Gasteiger partial charge >= 0.3 is 6.09 Å². The van der Waals surface area contributed by atoms with Crippen molar-refractivity contribution in [2.45, 2.75) is 0 Å². The van der Waals surface area contributed by atoms with Crippen LogP contribution in [0.5, 0.6) is 0 Å². The Labute approximate surface area is 31.8 Å². The monoisotopic (exact) mass is 93.0 g/mol. The highest BCUT2D eigenvalue weighted by Gasteiger charge is 1.76. The molecule has 0 saturated carbocycles. The van der Waals surface area contributed by atoms with E-state index in [1.54, 1.807) is 9.47 Å². The number of carbonyl (C=O) groups is 1. The maximum absolute atomic E-state index is 9.35. The maximum Gasteiger partial charge on any atom is 0.406 e. The molecule has 0 aliphatic rings. The first-order chi connectivity index (χ1) is 2.27. The standard InChI is InChI=1S/CH4NO2P/c2-1(3)4-5/h5H2,(H2,2,3). The molecule has 0 aromatic heterocycles. The van der Waals surface area contributed by atoms with Gasteiger partial charge in [0.05, 0.1) is 9.47 Å². The molecule has 0 aromatic rings. The van der Waals surface area contributed by atoms with Crippen LogP contribution in [-0.2, 0) is 4.52 Å². The van der Waals surface area contributed by atoms with Gasteiger partial charge in [-0.25, -0.2) is 4.79 Å². The number of hydrogen-bond donors (Lipinski definition) is 1. The Morgan fingerprint density at radius 1 is 2.00 bits per heavy atom. The van der Waals surface area contributed by atoms with Crippen LogP contribution < -0.4 is 5.73 Å². The lowest BCUT2D eigenvalue weighted by Crippen LogP contribution is -2.05. The van der Waals surface area contributed by atoms with Crippen LogP contribution in [0, 0.1) is 0 Å². The van der Waals surface area contributed by atoms with Gasteiger partial charge in [0.25, 0.3) is 0 Å². The molecule has 3 nitrogen and oxygen atoms in total. The summed E-state index contributed by atoms with van der Waals surface area (Å²) in [5, 5.41) is 0. The van der Waals surface area contributed by atoms with E-state index >= 15 is 0 Å². The Morgan fingerprint density at radius 3 is 2.20 bits per heavy atom. The summed E-state index contributed by atoms with van der Waals surface area (Å²) >= 11 is 0. The van der Waals surface area contributed by atoms with Crippen LogP contribution in [0.1, 0.15) is 0 Å². The van der Waals surface area contributed by atoms with Crippen LogP contribution in [0.4, 0.5) is 4.79 Å². The van der Waals surface area contributed by atoms with Gasteiger partial charge in [-0.15, -0.1) is 0 Å². The SMILES string of the molecule is NC(=O)OP. The van der Waals surface area contributed by atoms with E-state index < -0.39 is 6.09 Å². The fraction of sp³-hybridized carbons (Fsp3) is 0. The summed E-state index contributed by atoms with van der Waals surface area (Å²) in [6.07, 6.45) is -0.782. The highest BCUT2D eigenvalue weighted by molar-refractivity contribution is 7.10. The summed E-state index contributed by atoms with van der Waals surface area (Å²) < 4.78 is 3.81. The van der Waals surface area contributed by atoms with E-state index in [1.807, 2.05) is 0 Å². The van der Waals surface area contributed by atoms with Gasteiger partial charge in [0.2, 0.25) is 0 Å². The molecule has 0 radical (unpaired) electrons. The normalized spacial score (nSPS) is 6.60. The lowest BCUT2D eigenvalue weighted by Gasteiger charge is -1.80. The second kappa shape index (κ2) is 1.97. The summed E-state index contributed by atoms with van der Waals surface area (Å²) in [6, 6.07) is 0. The van der Waals surface area contributed by atoms with Gasteiger partial charge < -0.3 is 10.3 Å². The predicted octanol–water partition coefficient (Wildman–Crippen LogP) is -0.128. The second-order valence-electron chi connectivity index (χ2n) is 0.437. The highest BCUT2D eigenvalue weighted by Crippen LogP contribution is 1.78. The van der Waals surface area contributed by atoms with Crippen LogP contribution >= 0.6 is 9.47 Å². The van der Waals surface area contributed by atoms with Crippen molar-refractivity contribution in [2.75, 3.05) is 0 Å². The van der Waals surface area contributed by atoms with Crippen LogP contribution in [0.3, 0.4) is 0 Å². The summed E-state index contributed by atoms with van der Waals surface area (Å²) in [6.45, 7) is 0. The molecule has 0 saturated heterocycles. The largest absolute Gasteiger partial charge is 0.436 e. The number of hydrogen-bond acceptors (Lipinski definition) is 2. The fourth-order valence-electron chi connectivity index (χ4n) is 0. The van der Waals surface area contributed by atoms with Crippen LogP contribution in [0.2, 0.25) is 0 Å². The van der Waals surface area contributed by atoms with Gasteiger partial charge in [0, 0.05) is 0 Å². The molecule has 30 valence electrons. The highest BCUT2D eigenvalue weighted by atomic mass is 31.0. The summed E-state index contributed by atoms with van der Waals surface area (Å²) in [7, 11) is 1.72. The zero-order valence-corrected chi connectivity index (χ0v) is 3.63. The first-order valence-corrected chi connectivity index (χ1v) is 1.40. The summed E-state index contributed by atoms with van der Waals surface area (Å²) in [4.78, 5) is 9.35. The molecule has 0 aromatic carbocycles. The topological polar surface area (TPSA) is 52.3 Å². The minimum atomic E-state index is -0.782. The minimum absolute atomic E-state index is 0.782. The van der Waals surface area contributed by atoms with Crippen molar-refractivity contribution >= 4 is 15.6 Å². The Kier molecular flexibility index (Phi) is 1.85. The van der Waals surface area contributed by atoms with Gasteiger partial charge in [-0.1, -0.05) is 0 Å².